The third-order valence-corrected chi connectivity index (χ3v) is 4.57. The topological polar surface area (TPSA) is 117 Å². The summed E-state index contributed by atoms with van der Waals surface area (Å²) in [5.74, 6) is 0.0663. The summed E-state index contributed by atoms with van der Waals surface area (Å²) in [4.78, 5) is 33.9. The van der Waals surface area contributed by atoms with Gasteiger partial charge >= 0.3 is 12.4 Å². The molecule has 34 heavy (non-hydrogen) atoms. The molecule has 0 aliphatic carbocycles. The Balaban J connectivity index is 0.000000945. The van der Waals surface area contributed by atoms with Gasteiger partial charge in [0.25, 0.3) is 5.91 Å². The molecule has 0 radical (unpaired) electrons. The molecule has 3 rings (SSSR count). The molecule has 1 saturated heterocycles. The number of carbonyl (C=O) groups excluding carboxylic acids is 3. The van der Waals surface area contributed by atoms with Gasteiger partial charge in [0.15, 0.2) is 0 Å². The lowest BCUT2D eigenvalue weighted by atomic mass is 10.1. The average molecular weight is 483 g/mol. The first-order chi connectivity index (χ1) is 16.0. The molecular formula is C22H24F3N3O6. The van der Waals surface area contributed by atoms with Crippen molar-refractivity contribution in [1.29, 1.82) is 0 Å². The van der Waals surface area contributed by atoms with Crippen LogP contribution in [0.3, 0.4) is 0 Å². The summed E-state index contributed by atoms with van der Waals surface area (Å²) >= 11 is 0. The Morgan fingerprint density at radius 1 is 1.03 bits per heavy atom. The van der Waals surface area contributed by atoms with E-state index in [-0.39, 0.29) is 24.6 Å². The summed E-state index contributed by atoms with van der Waals surface area (Å²) < 4.78 is 46.2. The van der Waals surface area contributed by atoms with Gasteiger partial charge in [-0.2, -0.15) is 0 Å². The van der Waals surface area contributed by atoms with Crippen LogP contribution < -0.4 is 20.3 Å². The number of benzene rings is 2. The van der Waals surface area contributed by atoms with Gasteiger partial charge in [0.2, 0.25) is 6.41 Å². The Hall–Kier alpha value is -3.80. The summed E-state index contributed by atoms with van der Waals surface area (Å²) in [5, 5.41) is 9.88. The van der Waals surface area contributed by atoms with Crippen molar-refractivity contribution in [3.8, 4) is 22.6 Å². The van der Waals surface area contributed by atoms with Crippen LogP contribution in [-0.2, 0) is 9.59 Å². The number of halogens is 3. The number of ether oxygens (including phenoxy) is 2. The van der Waals surface area contributed by atoms with Crippen molar-refractivity contribution in [3.63, 3.8) is 0 Å². The van der Waals surface area contributed by atoms with Crippen LogP contribution in [-0.4, -0.2) is 53.5 Å². The summed E-state index contributed by atoms with van der Waals surface area (Å²) in [7, 11) is 0. The number of amides is 4. The normalized spacial score (nSPS) is 14.6. The molecule has 0 unspecified atom stereocenters. The first kappa shape index (κ1) is 26.5. The summed E-state index contributed by atoms with van der Waals surface area (Å²) in [6.07, 6.45) is -4.06. The standard InChI is InChI=1S/C21H21F3N2O4.CH3NO2/c1-20(2)18(27)26(19(28)25-20)12-3-13-29-16-8-4-14(5-9-16)15-6-10-17(11-7-15)30-21(22,23)24;3-1-2-4/h4-11H,3,12-13H2,1-2H3,(H,25,28);1,4H,(H,2,3). The predicted octanol–water partition coefficient (Wildman–Crippen LogP) is 3.47. The molecule has 0 atom stereocenters. The van der Waals surface area contributed by atoms with Gasteiger partial charge < -0.3 is 14.8 Å². The highest BCUT2D eigenvalue weighted by Crippen LogP contribution is 2.27. The van der Waals surface area contributed by atoms with Crippen LogP contribution in [0.5, 0.6) is 11.5 Å². The Bertz CT molecular complexity index is 979. The first-order valence-corrected chi connectivity index (χ1v) is 10.0. The number of hydrogen-bond donors (Lipinski definition) is 3. The van der Waals surface area contributed by atoms with Crippen molar-refractivity contribution in [2.45, 2.75) is 32.2 Å². The molecule has 0 aromatic heterocycles. The lowest BCUT2D eigenvalue weighted by molar-refractivity contribution is -0.274. The van der Waals surface area contributed by atoms with Crippen LogP contribution in [0.4, 0.5) is 18.0 Å². The number of rotatable bonds is 8. The number of nitrogens with one attached hydrogen (secondary N) is 2. The van der Waals surface area contributed by atoms with E-state index >= 15 is 0 Å². The quantitative estimate of drug-likeness (QED) is 0.174. The van der Waals surface area contributed by atoms with Gasteiger partial charge in [-0.25, -0.2) is 10.3 Å². The van der Waals surface area contributed by atoms with E-state index in [2.05, 4.69) is 10.1 Å². The summed E-state index contributed by atoms with van der Waals surface area (Å²) in [5.41, 5.74) is 1.91. The molecule has 2 aromatic rings. The van der Waals surface area contributed by atoms with Crippen molar-refractivity contribution in [3.05, 3.63) is 48.5 Å². The van der Waals surface area contributed by atoms with E-state index in [4.69, 9.17) is 14.7 Å². The van der Waals surface area contributed by atoms with Gasteiger partial charge in [-0.1, -0.05) is 24.3 Å². The summed E-state index contributed by atoms with van der Waals surface area (Å²) in [6, 6.07) is 12.2. The molecule has 0 spiro atoms. The largest absolute Gasteiger partial charge is 0.573 e. The molecule has 1 fully saturated rings. The molecule has 1 heterocycles. The van der Waals surface area contributed by atoms with E-state index in [9.17, 15) is 22.8 Å². The van der Waals surface area contributed by atoms with Crippen molar-refractivity contribution < 1.29 is 42.2 Å². The number of hydrogen-bond acceptors (Lipinski definition) is 6. The minimum absolute atomic E-state index is 0.181. The number of hydroxylamine groups is 1. The van der Waals surface area contributed by atoms with Gasteiger partial charge in [0.1, 0.15) is 17.0 Å². The van der Waals surface area contributed by atoms with Crippen LogP contribution in [0.2, 0.25) is 0 Å². The number of urea groups is 1. The molecule has 3 N–H and O–H groups in total. The summed E-state index contributed by atoms with van der Waals surface area (Å²) in [6.45, 7) is 3.89. The molecule has 1 aliphatic rings. The van der Waals surface area contributed by atoms with Crippen LogP contribution in [0.1, 0.15) is 20.3 Å². The number of alkyl halides is 3. The monoisotopic (exact) mass is 483 g/mol. The molecule has 9 nitrogen and oxygen atoms in total. The number of nitrogens with zero attached hydrogens (tertiary/aromatic N) is 1. The van der Waals surface area contributed by atoms with Gasteiger partial charge in [-0.05, 0) is 55.7 Å². The smallest absolute Gasteiger partial charge is 0.494 e. The Morgan fingerprint density at radius 2 is 1.53 bits per heavy atom. The van der Waals surface area contributed by atoms with E-state index in [1.807, 2.05) is 0 Å². The highest BCUT2D eigenvalue weighted by atomic mass is 19.4. The molecule has 0 saturated carbocycles. The van der Waals surface area contributed by atoms with Crippen molar-refractivity contribution >= 4 is 18.3 Å². The maximum absolute atomic E-state index is 12.2. The predicted molar refractivity (Wildman–Crippen MR) is 114 cm³/mol. The van der Waals surface area contributed by atoms with Crippen LogP contribution in [0.25, 0.3) is 11.1 Å². The molecule has 12 heteroatoms. The van der Waals surface area contributed by atoms with Crippen LogP contribution in [0.15, 0.2) is 48.5 Å². The van der Waals surface area contributed by atoms with E-state index in [1.165, 1.54) is 34.6 Å². The molecule has 0 bridgehead atoms. The fourth-order valence-corrected chi connectivity index (χ4v) is 3.03. The van der Waals surface area contributed by atoms with E-state index in [0.717, 1.165) is 11.1 Å². The minimum Gasteiger partial charge on any atom is -0.494 e. The van der Waals surface area contributed by atoms with Crippen LogP contribution >= 0.6 is 0 Å². The zero-order valence-corrected chi connectivity index (χ0v) is 18.4. The molecule has 4 amide bonds. The average Bonchev–Trinajstić information content (AvgIpc) is 2.98. The molecule has 1 aliphatic heterocycles. The number of carbonyl (C=O) groups is 3. The zero-order valence-electron chi connectivity index (χ0n) is 18.4. The molecular weight excluding hydrogens is 459 g/mol. The second kappa shape index (κ2) is 11.4. The maximum Gasteiger partial charge on any atom is 0.573 e. The lowest BCUT2D eigenvalue weighted by Crippen LogP contribution is -2.40. The van der Waals surface area contributed by atoms with Gasteiger partial charge in [0.05, 0.1) is 6.61 Å². The van der Waals surface area contributed by atoms with E-state index in [0.29, 0.717) is 18.8 Å². The second-order valence-electron chi connectivity index (χ2n) is 7.56. The highest BCUT2D eigenvalue weighted by molar-refractivity contribution is 6.06. The first-order valence-electron chi connectivity index (χ1n) is 10.0. The highest BCUT2D eigenvalue weighted by Gasteiger charge is 2.43. The van der Waals surface area contributed by atoms with E-state index in [1.54, 1.807) is 38.1 Å². The van der Waals surface area contributed by atoms with Crippen molar-refractivity contribution in [1.82, 2.24) is 15.7 Å². The Kier molecular flexibility index (Phi) is 8.84. The van der Waals surface area contributed by atoms with Gasteiger partial charge in [-0.3, -0.25) is 19.7 Å². The third-order valence-electron chi connectivity index (χ3n) is 4.57. The SMILES string of the molecule is CC1(C)NC(=O)N(CCCOc2ccc(-c3ccc(OC(F)(F)F)cc3)cc2)C1=O.O=CNO. The minimum atomic E-state index is -4.72. The zero-order chi connectivity index (χ0) is 25.4. The third kappa shape index (κ3) is 7.66. The second-order valence-corrected chi connectivity index (χ2v) is 7.56. The maximum atomic E-state index is 12.2. The number of imide groups is 1. The van der Waals surface area contributed by atoms with Crippen LogP contribution in [0, 0.1) is 0 Å². The van der Waals surface area contributed by atoms with Gasteiger partial charge in [0, 0.05) is 6.54 Å². The Morgan fingerprint density at radius 3 is 1.94 bits per heavy atom. The molecule has 184 valence electrons. The van der Waals surface area contributed by atoms with Crippen molar-refractivity contribution in [2.75, 3.05) is 13.2 Å². The fraction of sp³-hybridized carbons (Fsp3) is 0.318. The lowest BCUT2D eigenvalue weighted by Gasteiger charge is -2.16. The molecule has 2 aromatic carbocycles. The fourth-order valence-electron chi connectivity index (χ4n) is 3.03. The van der Waals surface area contributed by atoms with Crippen molar-refractivity contribution in [2.24, 2.45) is 0 Å². The van der Waals surface area contributed by atoms with Gasteiger partial charge in [-0.15, -0.1) is 13.2 Å². The Labute approximate surface area is 193 Å². The van der Waals surface area contributed by atoms with E-state index < -0.39 is 17.9 Å².